The summed E-state index contributed by atoms with van der Waals surface area (Å²) in [5, 5.41) is 9.84. The molecule has 0 saturated heterocycles. The van der Waals surface area contributed by atoms with Gasteiger partial charge in [-0.3, -0.25) is 0 Å². The molecule has 10 nitrogen and oxygen atoms in total. The highest BCUT2D eigenvalue weighted by molar-refractivity contribution is 6.33. The fraction of sp³-hybridized carbons (Fsp3) is 0.520. The van der Waals surface area contributed by atoms with Crippen molar-refractivity contribution in [1.82, 2.24) is 34.8 Å². The van der Waals surface area contributed by atoms with Gasteiger partial charge in [0.25, 0.3) is 0 Å². The van der Waals surface area contributed by atoms with Crippen molar-refractivity contribution in [2.45, 2.75) is 58.9 Å². The molecule has 0 atom stereocenters. The van der Waals surface area contributed by atoms with Gasteiger partial charge in [-0.2, -0.15) is 29.9 Å². The molecule has 2 heterocycles. The van der Waals surface area contributed by atoms with E-state index in [1.54, 1.807) is 13.0 Å². The van der Waals surface area contributed by atoms with Gasteiger partial charge in [-0.1, -0.05) is 39.2 Å². The first-order valence-corrected chi connectivity index (χ1v) is 13.5. The average molecular weight is 602 g/mol. The van der Waals surface area contributed by atoms with E-state index in [-0.39, 0.29) is 29.1 Å². The third kappa shape index (κ3) is 12.0. The van der Waals surface area contributed by atoms with E-state index in [4.69, 9.17) is 34.8 Å². The molecule has 39 heavy (non-hydrogen) atoms. The summed E-state index contributed by atoms with van der Waals surface area (Å²) < 4.78 is 13.9. The SMILES string of the molecule is C.Cc1ccc(Nc2nc(NCCN(C)C)nc(NC3CCCCCC3)n2)cc1F.Clc1nc(Cl)nc(Cl)n1. The number of nitrogens with one attached hydrogen (secondary N) is 3. The molecule has 0 aliphatic heterocycles. The standard InChI is InChI=1S/C21H32FN7.C3Cl3N3.CH4/c1-15-10-11-17(14-18(15)22)25-21-27-19(23-12-13-29(2)3)26-20(28-21)24-16-8-6-4-5-7-9-16;4-1-7-2(5)9-3(6)8-1;/h10-11,14,16H,4-9,12-13H2,1-3H3,(H3,23,24,25,26,27,28);;1H4. The number of nitrogens with zero attached hydrogens (tertiary/aromatic N) is 7. The van der Waals surface area contributed by atoms with Crippen molar-refractivity contribution in [3.05, 3.63) is 45.4 Å². The minimum absolute atomic E-state index is 0. The fourth-order valence-corrected chi connectivity index (χ4v) is 4.29. The number of likely N-dealkylation sites (N-methyl/N-ethyl adjacent to an activating group) is 1. The Kier molecular flexibility index (Phi) is 13.8. The van der Waals surface area contributed by atoms with Gasteiger partial charge in [0.1, 0.15) is 5.82 Å². The number of hydrogen-bond donors (Lipinski definition) is 3. The third-order valence-electron chi connectivity index (χ3n) is 5.65. The van der Waals surface area contributed by atoms with Crippen molar-refractivity contribution in [3.63, 3.8) is 0 Å². The summed E-state index contributed by atoms with van der Waals surface area (Å²) in [7, 11) is 4.04. The highest BCUT2D eigenvalue weighted by Crippen LogP contribution is 2.22. The van der Waals surface area contributed by atoms with Gasteiger partial charge in [0, 0.05) is 24.8 Å². The molecule has 0 unspecified atom stereocenters. The summed E-state index contributed by atoms with van der Waals surface area (Å²) in [5.74, 6) is 1.19. The topological polar surface area (TPSA) is 117 Å². The van der Waals surface area contributed by atoms with E-state index in [1.807, 2.05) is 20.2 Å². The Balaban J connectivity index is 0.000000453. The number of aromatic nitrogens is 6. The molecule has 2 aromatic heterocycles. The van der Waals surface area contributed by atoms with Gasteiger partial charge in [-0.05, 0) is 86.4 Å². The molecular weight excluding hydrogens is 566 g/mol. The van der Waals surface area contributed by atoms with Gasteiger partial charge in [-0.25, -0.2) is 4.39 Å². The van der Waals surface area contributed by atoms with Crippen LogP contribution < -0.4 is 16.0 Å². The highest BCUT2D eigenvalue weighted by Gasteiger charge is 2.15. The van der Waals surface area contributed by atoms with E-state index in [2.05, 4.69) is 50.8 Å². The number of aryl methyl sites for hydroxylation is 1. The second-order valence-electron chi connectivity index (χ2n) is 9.10. The molecule has 1 aliphatic rings. The number of anilines is 4. The Morgan fingerprint density at radius 1 is 0.846 bits per heavy atom. The van der Waals surface area contributed by atoms with Crippen LogP contribution in [0.25, 0.3) is 0 Å². The molecule has 1 aromatic carbocycles. The first-order chi connectivity index (χ1) is 18.2. The van der Waals surface area contributed by atoms with Crippen LogP contribution in [0, 0.1) is 12.7 Å². The maximum atomic E-state index is 13.9. The van der Waals surface area contributed by atoms with Crippen LogP contribution in [0.4, 0.5) is 27.9 Å². The molecule has 214 valence electrons. The molecule has 0 radical (unpaired) electrons. The van der Waals surface area contributed by atoms with Gasteiger partial charge in [0.15, 0.2) is 0 Å². The van der Waals surface area contributed by atoms with E-state index in [9.17, 15) is 4.39 Å². The molecule has 3 aromatic rings. The lowest BCUT2D eigenvalue weighted by atomic mass is 10.1. The molecule has 3 N–H and O–H groups in total. The van der Waals surface area contributed by atoms with Crippen LogP contribution >= 0.6 is 34.8 Å². The van der Waals surface area contributed by atoms with E-state index in [1.165, 1.54) is 31.7 Å². The predicted molar refractivity (Wildman–Crippen MR) is 158 cm³/mol. The quantitative estimate of drug-likeness (QED) is 0.243. The van der Waals surface area contributed by atoms with Crippen LogP contribution in [0.15, 0.2) is 18.2 Å². The minimum atomic E-state index is -0.259. The first kappa shape index (κ1) is 32.6. The Labute approximate surface area is 244 Å². The summed E-state index contributed by atoms with van der Waals surface area (Å²) in [4.78, 5) is 26.0. The van der Waals surface area contributed by atoms with Crippen LogP contribution in [-0.2, 0) is 0 Å². The van der Waals surface area contributed by atoms with Crippen LogP contribution in [0.3, 0.4) is 0 Å². The second-order valence-corrected chi connectivity index (χ2v) is 10.1. The van der Waals surface area contributed by atoms with E-state index < -0.39 is 0 Å². The average Bonchev–Trinajstić information content (AvgIpc) is 3.09. The molecule has 1 saturated carbocycles. The summed E-state index contributed by atoms with van der Waals surface area (Å²) in [5.41, 5.74) is 1.21. The lowest BCUT2D eigenvalue weighted by Gasteiger charge is -2.18. The third-order valence-corrected chi connectivity index (χ3v) is 6.15. The Morgan fingerprint density at radius 3 is 1.97 bits per heavy atom. The van der Waals surface area contributed by atoms with Gasteiger partial charge < -0.3 is 20.9 Å². The monoisotopic (exact) mass is 600 g/mol. The molecule has 4 rings (SSSR count). The van der Waals surface area contributed by atoms with Crippen molar-refractivity contribution in [2.24, 2.45) is 0 Å². The zero-order chi connectivity index (χ0) is 27.5. The van der Waals surface area contributed by atoms with Crippen molar-refractivity contribution in [2.75, 3.05) is 43.1 Å². The zero-order valence-electron chi connectivity index (χ0n) is 21.6. The van der Waals surface area contributed by atoms with Crippen molar-refractivity contribution in [1.29, 1.82) is 0 Å². The van der Waals surface area contributed by atoms with Crippen LogP contribution in [0.2, 0.25) is 15.9 Å². The van der Waals surface area contributed by atoms with Gasteiger partial charge in [-0.15, -0.1) is 0 Å². The molecule has 1 aliphatic carbocycles. The Bertz CT molecular complexity index is 1130. The zero-order valence-corrected chi connectivity index (χ0v) is 23.9. The molecule has 0 bridgehead atoms. The molecular formula is C25H36Cl3FN10. The summed E-state index contributed by atoms with van der Waals surface area (Å²) in [6, 6.07) is 5.38. The number of halogens is 4. The van der Waals surface area contributed by atoms with Gasteiger partial charge >= 0.3 is 0 Å². The van der Waals surface area contributed by atoms with Crippen molar-refractivity contribution in [3.8, 4) is 0 Å². The van der Waals surface area contributed by atoms with Gasteiger partial charge in [0.2, 0.25) is 33.7 Å². The van der Waals surface area contributed by atoms with E-state index in [0.29, 0.717) is 35.1 Å². The first-order valence-electron chi connectivity index (χ1n) is 12.3. The van der Waals surface area contributed by atoms with Gasteiger partial charge in [0.05, 0.1) is 0 Å². The maximum Gasteiger partial charge on any atom is 0.233 e. The molecule has 0 amide bonds. The minimum Gasteiger partial charge on any atom is -0.353 e. The van der Waals surface area contributed by atoms with Crippen LogP contribution in [0.1, 0.15) is 51.5 Å². The molecule has 0 spiro atoms. The lowest BCUT2D eigenvalue weighted by Crippen LogP contribution is -2.23. The van der Waals surface area contributed by atoms with Crippen molar-refractivity contribution >= 4 is 58.3 Å². The van der Waals surface area contributed by atoms with Crippen molar-refractivity contribution < 1.29 is 4.39 Å². The smallest absolute Gasteiger partial charge is 0.233 e. The second kappa shape index (κ2) is 16.5. The Morgan fingerprint density at radius 2 is 1.41 bits per heavy atom. The molecule has 14 heteroatoms. The van der Waals surface area contributed by atoms with Crippen LogP contribution in [-0.4, -0.2) is 68.0 Å². The van der Waals surface area contributed by atoms with E-state index in [0.717, 1.165) is 25.9 Å². The number of benzene rings is 1. The van der Waals surface area contributed by atoms with E-state index >= 15 is 0 Å². The summed E-state index contributed by atoms with van der Waals surface area (Å²) in [6.45, 7) is 3.32. The number of rotatable bonds is 8. The number of hydrogen-bond acceptors (Lipinski definition) is 10. The lowest BCUT2D eigenvalue weighted by molar-refractivity contribution is 0.425. The van der Waals surface area contributed by atoms with Crippen LogP contribution in [0.5, 0.6) is 0 Å². The molecule has 1 fully saturated rings. The summed E-state index contributed by atoms with van der Waals surface area (Å²) >= 11 is 16.0. The summed E-state index contributed by atoms with van der Waals surface area (Å²) in [6.07, 6.45) is 7.29. The maximum absolute atomic E-state index is 13.9. The largest absolute Gasteiger partial charge is 0.353 e. The predicted octanol–water partition coefficient (Wildman–Crippen LogP) is 6.64. The Hall–Kier alpha value is -2.60. The fourth-order valence-electron chi connectivity index (χ4n) is 3.68. The highest BCUT2D eigenvalue weighted by atomic mass is 35.5. The normalized spacial score (nSPS) is 13.5.